The van der Waals surface area contributed by atoms with Crippen LogP contribution in [-0.4, -0.2) is 15.9 Å². The van der Waals surface area contributed by atoms with Crippen molar-refractivity contribution in [3.05, 3.63) is 109 Å². The number of para-hydroxylation sites is 1. The number of aromatic nitrogens is 2. The van der Waals surface area contributed by atoms with Gasteiger partial charge in [0, 0.05) is 24.2 Å². The zero-order valence-electron chi connectivity index (χ0n) is 16.1. The normalized spacial score (nSPS) is 10.3. The summed E-state index contributed by atoms with van der Waals surface area (Å²) in [6, 6.07) is 23.6. The van der Waals surface area contributed by atoms with Crippen molar-refractivity contribution in [2.45, 2.75) is 6.61 Å². The lowest BCUT2D eigenvalue weighted by atomic mass is 10.2. The summed E-state index contributed by atoms with van der Waals surface area (Å²) in [4.78, 5) is 20.9. The first-order valence-corrected chi connectivity index (χ1v) is 9.39. The van der Waals surface area contributed by atoms with E-state index in [0.717, 1.165) is 11.3 Å². The predicted molar refractivity (Wildman–Crippen MR) is 114 cm³/mol. The van der Waals surface area contributed by atoms with Gasteiger partial charge in [-0.1, -0.05) is 18.2 Å². The average Bonchev–Trinajstić information content (AvgIpc) is 2.80. The largest absolute Gasteiger partial charge is 0.485 e. The second-order valence-corrected chi connectivity index (χ2v) is 6.39. The van der Waals surface area contributed by atoms with E-state index in [1.54, 1.807) is 55.0 Å². The Morgan fingerprint density at radius 1 is 0.800 bits per heavy atom. The van der Waals surface area contributed by atoms with E-state index in [4.69, 9.17) is 9.47 Å². The van der Waals surface area contributed by atoms with E-state index < -0.39 is 0 Å². The summed E-state index contributed by atoms with van der Waals surface area (Å²) in [6.07, 6.45) is 5.01. The van der Waals surface area contributed by atoms with E-state index in [0.29, 0.717) is 29.5 Å². The molecule has 2 aromatic carbocycles. The molecule has 0 aliphatic heterocycles. The number of hydrogen-bond acceptors (Lipinski definition) is 5. The third-order valence-corrected chi connectivity index (χ3v) is 4.24. The maximum absolute atomic E-state index is 12.7. The molecule has 2 heterocycles. The van der Waals surface area contributed by atoms with Gasteiger partial charge in [-0.25, -0.2) is 4.98 Å². The van der Waals surface area contributed by atoms with Crippen molar-refractivity contribution < 1.29 is 14.3 Å². The Kier molecular flexibility index (Phi) is 5.96. The molecule has 1 N–H and O–H groups in total. The molecular weight excluding hydrogens is 378 g/mol. The van der Waals surface area contributed by atoms with E-state index in [1.165, 1.54) is 0 Å². The molecule has 4 aromatic rings. The molecule has 0 aliphatic carbocycles. The zero-order valence-corrected chi connectivity index (χ0v) is 16.1. The van der Waals surface area contributed by atoms with Gasteiger partial charge in [-0.05, 0) is 66.2 Å². The molecule has 148 valence electrons. The van der Waals surface area contributed by atoms with Gasteiger partial charge in [-0.15, -0.1) is 0 Å². The van der Waals surface area contributed by atoms with Crippen LogP contribution < -0.4 is 14.8 Å². The van der Waals surface area contributed by atoms with E-state index in [9.17, 15) is 4.79 Å². The second kappa shape index (κ2) is 9.34. The van der Waals surface area contributed by atoms with Gasteiger partial charge < -0.3 is 14.8 Å². The number of pyridine rings is 2. The first-order valence-electron chi connectivity index (χ1n) is 9.39. The molecule has 0 saturated heterocycles. The van der Waals surface area contributed by atoms with Gasteiger partial charge in [0.25, 0.3) is 5.91 Å². The topological polar surface area (TPSA) is 73.3 Å². The summed E-state index contributed by atoms with van der Waals surface area (Å²) >= 11 is 0. The van der Waals surface area contributed by atoms with E-state index in [2.05, 4.69) is 15.3 Å². The quantitative estimate of drug-likeness (QED) is 0.470. The number of hydrogen-bond donors (Lipinski definition) is 1. The Labute approximate surface area is 174 Å². The van der Waals surface area contributed by atoms with Crippen molar-refractivity contribution in [3.63, 3.8) is 0 Å². The van der Waals surface area contributed by atoms with Gasteiger partial charge in [0.1, 0.15) is 18.1 Å². The van der Waals surface area contributed by atoms with Gasteiger partial charge in [0.15, 0.2) is 11.6 Å². The molecule has 4 rings (SSSR count). The lowest BCUT2D eigenvalue weighted by Gasteiger charge is -2.12. The number of nitrogens with zero attached hydrogens (tertiary/aromatic N) is 2. The number of nitrogens with one attached hydrogen (secondary N) is 1. The molecule has 6 heteroatoms. The van der Waals surface area contributed by atoms with Crippen LogP contribution in [0.5, 0.6) is 17.2 Å². The molecule has 6 nitrogen and oxygen atoms in total. The van der Waals surface area contributed by atoms with Crippen molar-refractivity contribution in [1.82, 2.24) is 9.97 Å². The van der Waals surface area contributed by atoms with Gasteiger partial charge in [0.05, 0.1) is 0 Å². The summed E-state index contributed by atoms with van der Waals surface area (Å²) in [5.74, 6) is 1.96. The Morgan fingerprint density at radius 2 is 1.53 bits per heavy atom. The Morgan fingerprint density at radius 3 is 2.30 bits per heavy atom. The van der Waals surface area contributed by atoms with Crippen LogP contribution in [0.15, 0.2) is 97.5 Å². The summed E-state index contributed by atoms with van der Waals surface area (Å²) in [7, 11) is 0. The molecule has 1 amide bonds. The van der Waals surface area contributed by atoms with E-state index in [1.807, 2.05) is 42.5 Å². The zero-order chi connectivity index (χ0) is 20.6. The molecule has 30 heavy (non-hydrogen) atoms. The lowest BCUT2D eigenvalue weighted by molar-refractivity contribution is 0.102. The van der Waals surface area contributed by atoms with Crippen LogP contribution in [0, 0.1) is 0 Å². The molecule has 0 bridgehead atoms. The fraction of sp³-hybridized carbons (Fsp3) is 0.0417. The highest BCUT2D eigenvalue weighted by Crippen LogP contribution is 2.24. The number of carbonyl (C=O) groups excluding carboxylic acids is 1. The fourth-order valence-electron chi connectivity index (χ4n) is 2.72. The summed E-state index contributed by atoms with van der Waals surface area (Å²) < 4.78 is 11.6. The number of amides is 1. The minimum atomic E-state index is -0.284. The molecule has 0 aliphatic rings. The van der Waals surface area contributed by atoms with Gasteiger partial charge >= 0.3 is 0 Å². The average molecular weight is 397 g/mol. The van der Waals surface area contributed by atoms with Crippen molar-refractivity contribution in [2.24, 2.45) is 0 Å². The third-order valence-electron chi connectivity index (χ3n) is 4.24. The Bertz CT molecular complexity index is 1100. The first kappa shape index (κ1) is 19.1. The summed E-state index contributed by atoms with van der Waals surface area (Å²) in [5, 5.41) is 2.80. The number of rotatable bonds is 7. The minimum Gasteiger partial charge on any atom is -0.485 e. The van der Waals surface area contributed by atoms with Crippen molar-refractivity contribution in [2.75, 3.05) is 5.32 Å². The summed E-state index contributed by atoms with van der Waals surface area (Å²) in [6.45, 7) is 0.350. The molecule has 0 radical (unpaired) electrons. The van der Waals surface area contributed by atoms with Crippen LogP contribution >= 0.6 is 0 Å². The molecule has 0 atom stereocenters. The van der Waals surface area contributed by atoms with E-state index in [-0.39, 0.29) is 5.91 Å². The van der Waals surface area contributed by atoms with Crippen LogP contribution in [-0.2, 0) is 6.61 Å². The SMILES string of the molecule is O=C(Nc1ncccc1OCc1ccncc1)c1ccc(Oc2ccccc2)cc1. The molecule has 0 unspecified atom stereocenters. The Balaban J connectivity index is 1.41. The monoisotopic (exact) mass is 397 g/mol. The van der Waals surface area contributed by atoms with Crippen LogP contribution in [0.1, 0.15) is 15.9 Å². The number of anilines is 1. The second-order valence-electron chi connectivity index (χ2n) is 6.39. The van der Waals surface area contributed by atoms with E-state index >= 15 is 0 Å². The molecule has 0 spiro atoms. The van der Waals surface area contributed by atoms with Crippen LogP contribution in [0.25, 0.3) is 0 Å². The maximum Gasteiger partial charge on any atom is 0.256 e. The molecule has 0 saturated carbocycles. The maximum atomic E-state index is 12.7. The standard InChI is InChI=1S/C24H19N3O3/c28-24(19-8-10-21(11-9-19)30-20-5-2-1-3-6-20)27-23-22(7-4-14-26-23)29-17-18-12-15-25-16-13-18/h1-16H,17H2,(H,26,27,28). The highest BCUT2D eigenvalue weighted by molar-refractivity contribution is 6.04. The highest BCUT2D eigenvalue weighted by Gasteiger charge is 2.12. The number of benzene rings is 2. The van der Waals surface area contributed by atoms with Gasteiger partial charge in [-0.3, -0.25) is 9.78 Å². The third kappa shape index (κ3) is 4.99. The fourth-order valence-corrected chi connectivity index (χ4v) is 2.72. The first-order chi connectivity index (χ1) is 14.8. The number of carbonyl (C=O) groups is 1. The molecule has 2 aromatic heterocycles. The van der Waals surface area contributed by atoms with Crippen LogP contribution in [0.2, 0.25) is 0 Å². The minimum absolute atomic E-state index is 0.284. The highest BCUT2D eigenvalue weighted by atomic mass is 16.5. The van der Waals surface area contributed by atoms with Crippen LogP contribution in [0.3, 0.4) is 0 Å². The summed E-state index contributed by atoms with van der Waals surface area (Å²) in [5.41, 5.74) is 1.46. The smallest absolute Gasteiger partial charge is 0.256 e. The molecule has 0 fully saturated rings. The van der Waals surface area contributed by atoms with Gasteiger partial charge in [0.2, 0.25) is 0 Å². The van der Waals surface area contributed by atoms with Crippen molar-refractivity contribution in [3.8, 4) is 17.2 Å². The number of ether oxygens (including phenoxy) is 2. The Hall–Kier alpha value is -4.19. The van der Waals surface area contributed by atoms with Crippen molar-refractivity contribution >= 4 is 11.7 Å². The van der Waals surface area contributed by atoms with Crippen LogP contribution in [0.4, 0.5) is 5.82 Å². The molecular formula is C24H19N3O3. The van der Waals surface area contributed by atoms with Crippen molar-refractivity contribution in [1.29, 1.82) is 0 Å². The lowest BCUT2D eigenvalue weighted by Crippen LogP contribution is -2.14. The predicted octanol–water partition coefficient (Wildman–Crippen LogP) is 5.10. The van der Waals surface area contributed by atoms with Gasteiger partial charge in [-0.2, -0.15) is 0 Å².